The lowest BCUT2D eigenvalue weighted by Crippen LogP contribution is -2.72. The number of hydrogen-bond donors (Lipinski definition) is 3. The number of amides is 2. The molecule has 0 radical (unpaired) electrons. The highest BCUT2D eigenvalue weighted by Gasteiger charge is 2.66. The third kappa shape index (κ3) is 4.36. The van der Waals surface area contributed by atoms with E-state index in [0.29, 0.717) is 5.56 Å². The van der Waals surface area contributed by atoms with E-state index in [4.69, 9.17) is 39.2 Å². The average molecular weight is 534 g/mol. The number of aliphatic hydroxyl groups is 1. The van der Waals surface area contributed by atoms with Gasteiger partial charge in [-0.3, -0.25) is 4.79 Å². The molecule has 12 heteroatoms. The molecule has 2 heterocycles. The minimum absolute atomic E-state index is 0.156. The molecule has 1 saturated heterocycles. The Morgan fingerprint density at radius 1 is 1.00 bits per heavy atom. The minimum Gasteiger partial charge on any atom is -0.459 e. The SMILES string of the molecule is O=C1N[C@@H](c2ccc(-c3ccc(Cl)c(Cl)c3)o2)[C@H](C(=O)c2ccc(Cl)cc2)[C@](O)(C(F)(F)F)N1. The number of rotatable bonds is 4. The lowest BCUT2D eigenvalue weighted by molar-refractivity contribution is -0.288. The van der Waals surface area contributed by atoms with Gasteiger partial charge in [0, 0.05) is 16.1 Å². The standard InChI is InChI=1S/C22H14Cl3F3N2O4/c23-12-4-1-10(2-5-12)19(31)17-18(29-20(32)30-21(17,33)22(26,27)28)16-8-7-15(34-16)11-3-6-13(24)14(25)9-11/h1-9,17-18,33H,(H2,29,30,32)/t17-,18+,21+/m1/s1. The number of benzene rings is 2. The first kappa shape index (κ1) is 24.4. The second kappa shape index (κ2) is 8.81. The van der Waals surface area contributed by atoms with E-state index >= 15 is 0 Å². The van der Waals surface area contributed by atoms with Crippen molar-refractivity contribution in [1.82, 2.24) is 10.6 Å². The van der Waals surface area contributed by atoms with E-state index < -0.39 is 35.7 Å². The smallest absolute Gasteiger partial charge is 0.437 e. The summed E-state index contributed by atoms with van der Waals surface area (Å²) < 4.78 is 47.7. The summed E-state index contributed by atoms with van der Waals surface area (Å²) in [7, 11) is 0. The van der Waals surface area contributed by atoms with E-state index in [0.717, 1.165) is 0 Å². The monoisotopic (exact) mass is 532 g/mol. The number of ketones is 1. The van der Waals surface area contributed by atoms with Gasteiger partial charge in [0.1, 0.15) is 23.5 Å². The Morgan fingerprint density at radius 2 is 1.68 bits per heavy atom. The van der Waals surface area contributed by atoms with Crippen LogP contribution in [-0.2, 0) is 0 Å². The predicted molar refractivity (Wildman–Crippen MR) is 119 cm³/mol. The summed E-state index contributed by atoms with van der Waals surface area (Å²) in [5.74, 6) is -3.33. The Balaban J connectivity index is 1.81. The van der Waals surface area contributed by atoms with Gasteiger partial charge in [-0.15, -0.1) is 0 Å². The molecule has 2 amide bonds. The largest absolute Gasteiger partial charge is 0.459 e. The van der Waals surface area contributed by atoms with E-state index in [1.807, 2.05) is 0 Å². The van der Waals surface area contributed by atoms with E-state index in [9.17, 15) is 27.9 Å². The fourth-order valence-electron chi connectivity index (χ4n) is 3.69. The van der Waals surface area contributed by atoms with Crippen molar-refractivity contribution in [1.29, 1.82) is 0 Å². The molecule has 0 saturated carbocycles. The van der Waals surface area contributed by atoms with Crippen molar-refractivity contribution in [2.45, 2.75) is 17.9 Å². The molecule has 1 aliphatic rings. The molecular formula is C22H14Cl3F3N2O4. The summed E-state index contributed by atoms with van der Waals surface area (Å²) in [4.78, 5) is 25.4. The summed E-state index contributed by atoms with van der Waals surface area (Å²) in [5, 5.41) is 15.1. The van der Waals surface area contributed by atoms with Crippen molar-refractivity contribution in [3.05, 3.63) is 81.0 Å². The number of hydrogen-bond acceptors (Lipinski definition) is 4. The number of alkyl halides is 3. The van der Waals surface area contributed by atoms with E-state index in [1.165, 1.54) is 53.8 Å². The van der Waals surface area contributed by atoms with Crippen LogP contribution in [0.25, 0.3) is 11.3 Å². The number of carbonyl (C=O) groups is 2. The first-order valence-corrected chi connectivity index (χ1v) is 10.8. The molecule has 0 bridgehead atoms. The third-order valence-corrected chi connectivity index (χ3v) is 6.35. The average Bonchev–Trinajstić information content (AvgIpc) is 3.25. The molecule has 1 fully saturated rings. The van der Waals surface area contributed by atoms with Crippen molar-refractivity contribution in [2.75, 3.05) is 0 Å². The van der Waals surface area contributed by atoms with Crippen LogP contribution in [0.2, 0.25) is 15.1 Å². The molecule has 1 aromatic heterocycles. The highest BCUT2D eigenvalue weighted by atomic mass is 35.5. The summed E-state index contributed by atoms with van der Waals surface area (Å²) in [5.41, 5.74) is -3.59. The summed E-state index contributed by atoms with van der Waals surface area (Å²) in [6.45, 7) is 0. The molecule has 2 aromatic carbocycles. The molecular weight excluding hydrogens is 520 g/mol. The number of urea groups is 1. The van der Waals surface area contributed by atoms with Crippen molar-refractivity contribution in [3.8, 4) is 11.3 Å². The van der Waals surface area contributed by atoms with Crippen molar-refractivity contribution < 1.29 is 32.3 Å². The van der Waals surface area contributed by atoms with Crippen molar-refractivity contribution >= 4 is 46.6 Å². The number of halogens is 6. The maximum absolute atomic E-state index is 14.0. The summed E-state index contributed by atoms with van der Waals surface area (Å²) in [6.07, 6.45) is -5.39. The van der Waals surface area contributed by atoms with Crippen LogP contribution in [0, 0.1) is 5.92 Å². The fraction of sp³-hybridized carbons (Fsp3) is 0.182. The molecule has 6 nitrogen and oxygen atoms in total. The van der Waals surface area contributed by atoms with Gasteiger partial charge in [-0.2, -0.15) is 13.2 Å². The van der Waals surface area contributed by atoms with Crippen LogP contribution in [0.3, 0.4) is 0 Å². The van der Waals surface area contributed by atoms with Gasteiger partial charge in [-0.05, 0) is 54.6 Å². The lowest BCUT2D eigenvalue weighted by atomic mass is 9.79. The van der Waals surface area contributed by atoms with Crippen LogP contribution in [0.4, 0.5) is 18.0 Å². The van der Waals surface area contributed by atoms with Crippen LogP contribution in [0.15, 0.2) is 59.0 Å². The molecule has 0 spiro atoms. The maximum Gasteiger partial charge on any atom is 0.437 e. The quantitative estimate of drug-likeness (QED) is 0.358. The van der Waals surface area contributed by atoms with Gasteiger partial charge in [-0.25, -0.2) is 4.79 Å². The predicted octanol–water partition coefficient (Wildman–Crippen LogP) is 6.01. The van der Waals surface area contributed by atoms with Crippen LogP contribution in [0.5, 0.6) is 0 Å². The lowest BCUT2D eigenvalue weighted by Gasteiger charge is -2.44. The first-order valence-electron chi connectivity index (χ1n) is 9.63. The summed E-state index contributed by atoms with van der Waals surface area (Å²) in [6, 6.07) is 9.36. The minimum atomic E-state index is -5.39. The highest BCUT2D eigenvalue weighted by Crippen LogP contribution is 2.45. The van der Waals surface area contributed by atoms with E-state index in [-0.39, 0.29) is 32.2 Å². The van der Waals surface area contributed by atoms with Gasteiger partial charge in [0.2, 0.25) is 5.72 Å². The Morgan fingerprint density at radius 3 is 2.29 bits per heavy atom. The van der Waals surface area contributed by atoms with Gasteiger partial charge >= 0.3 is 12.2 Å². The fourth-order valence-corrected chi connectivity index (χ4v) is 4.12. The van der Waals surface area contributed by atoms with Crippen LogP contribution >= 0.6 is 34.8 Å². The highest BCUT2D eigenvalue weighted by molar-refractivity contribution is 6.42. The normalized spacial score (nSPS) is 22.7. The van der Waals surface area contributed by atoms with Gasteiger partial charge in [0.05, 0.1) is 10.0 Å². The zero-order valence-electron chi connectivity index (χ0n) is 16.8. The molecule has 0 aliphatic carbocycles. The second-order valence-electron chi connectivity index (χ2n) is 7.52. The zero-order chi connectivity index (χ0) is 24.8. The second-order valence-corrected chi connectivity index (χ2v) is 8.77. The first-order chi connectivity index (χ1) is 15.9. The summed E-state index contributed by atoms with van der Waals surface area (Å²) >= 11 is 17.7. The van der Waals surface area contributed by atoms with Gasteiger partial charge in [0.15, 0.2) is 5.78 Å². The number of carbonyl (C=O) groups excluding carboxylic acids is 2. The Kier molecular flexibility index (Phi) is 6.32. The molecule has 3 atom stereocenters. The third-order valence-electron chi connectivity index (χ3n) is 5.35. The zero-order valence-corrected chi connectivity index (χ0v) is 19.1. The molecule has 3 aromatic rings. The molecule has 178 valence electrons. The van der Waals surface area contributed by atoms with Gasteiger partial charge < -0.3 is 20.2 Å². The van der Waals surface area contributed by atoms with Crippen LogP contribution in [0.1, 0.15) is 22.2 Å². The number of furan rings is 1. The van der Waals surface area contributed by atoms with Crippen LogP contribution < -0.4 is 10.6 Å². The molecule has 1 aliphatic heterocycles. The van der Waals surface area contributed by atoms with E-state index in [1.54, 1.807) is 6.07 Å². The number of Topliss-reactive ketones (excluding diaryl/α,β-unsaturated/α-hetero) is 1. The van der Waals surface area contributed by atoms with Crippen LogP contribution in [-0.4, -0.2) is 28.8 Å². The maximum atomic E-state index is 14.0. The van der Waals surface area contributed by atoms with Gasteiger partial charge in [0.25, 0.3) is 0 Å². The topological polar surface area (TPSA) is 91.6 Å². The molecule has 4 rings (SSSR count). The Bertz CT molecular complexity index is 1260. The molecule has 3 N–H and O–H groups in total. The van der Waals surface area contributed by atoms with Crippen molar-refractivity contribution in [2.24, 2.45) is 5.92 Å². The van der Waals surface area contributed by atoms with E-state index in [2.05, 4.69) is 5.32 Å². The molecule has 0 unspecified atom stereocenters. The number of nitrogens with one attached hydrogen (secondary N) is 2. The van der Waals surface area contributed by atoms with Crippen molar-refractivity contribution in [3.63, 3.8) is 0 Å². The Hall–Kier alpha value is -2.72. The van der Waals surface area contributed by atoms with Gasteiger partial charge in [-0.1, -0.05) is 34.8 Å². The Labute approximate surface area is 205 Å². The molecule has 34 heavy (non-hydrogen) atoms.